The van der Waals surface area contributed by atoms with Crippen molar-refractivity contribution in [1.29, 1.82) is 0 Å². The number of hydrogen-bond donors (Lipinski definition) is 2. The first-order valence-corrected chi connectivity index (χ1v) is 13.2. The third kappa shape index (κ3) is 5.96. The van der Waals surface area contributed by atoms with Crippen LogP contribution in [0.5, 0.6) is 0 Å². The monoisotopic (exact) mass is 653 g/mol. The van der Waals surface area contributed by atoms with Crippen LogP contribution in [-0.4, -0.2) is 43.8 Å². The van der Waals surface area contributed by atoms with E-state index in [1.807, 2.05) is 18.2 Å². The summed E-state index contributed by atoms with van der Waals surface area (Å²) in [6.45, 7) is 0. The fourth-order valence-corrected chi connectivity index (χ4v) is 4.58. The Morgan fingerprint density at radius 1 is 1.07 bits per heavy atom. The van der Waals surface area contributed by atoms with Crippen molar-refractivity contribution in [3.63, 3.8) is 0 Å². The number of rotatable bonds is 7. The Labute approximate surface area is 241 Å². The number of likely N-dealkylation sites (N-methyl/N-ethyl adjacent to an activating group) is 1. The zero-order valence-corrected chi connectivity index (χ0v) is 23.2. The third-order valence-corrected chi connectivity index (χ3v) is 6.78. The molecule has 0 saturated carbocycles. The fraction of sp³-hybridized carbons (Fsp3) is 0.143. The third-order valence-electron chi connectivity index (χ3n) is 6.23. The summed E-state index contributed by atoms with van der Waals surface area (Å²) in [5.74, 6) is -0.304. The highest BCUT2D eigenvalue weighted by Gasteiger charge is 2.33. The zero-order chi connectivity index (χ0) is 28.3. The molecule has 0 saturated heterocycles. The van der Waals surface area contributed by atoms with E-state index in [1.54, 1.807) is 49.7 Å². The molecule has 0 spiro atoms. The number of pyridine rings is 1. The lowest BCUT2D eigenvalue weighted by Gasteiger charge is -2.17. The summed E-state index contributed by atoms with van der Waals surface area (Å²) in [5.41, 5.74) is 2.46. The van der Waals surface area contributed by atoms with Gasteiger partial charge < -0.3 is 10.6 Å². The first-order valence-electron chi connectivity index (χ1n) is 12.2. The van der Waals surface area contributed by atoms with Gasteiger partial charge in [0.15, 0.2) is 11.6 Å². The number of aromatic nitrogens is 5. The molecule has 1 aromatic carbocycles. The Morgan fingerprint density at radius 3 is 2.58 bits per heavy atom. The predicted octanol–water partition coefficient (Wildman–Crippen LogP) is 5.18. The minimum atomic E-state index is -3.22. The van der Waals surface area contributed by atoms with E-state index in [-0.39, 0.29) is 29.2 Å². The summed E-state index contributed by atoms with van der Waals surface area (Å²) in [5, 5.41) is 17.6. The van der Waals surface area contributed by atoms with Gasteiger partial charge in [0.1, 0.15) is 5.69 Å². The average Bonchev–Trinajstić information content (AvgIpc) is 3.44. The molecule has 2 N–H and O–H groups in total. The number of benzene rings is 1. The van der Waals surface area contributed by atoms with Crippen molar-refractivity contribution < 1.29 is 18.4 Å². The summed E-state index contributed by atoms with van der Waals surface area (Å²) in [4.78, 5) is 28.8. The number of halogens is 3. The number of hydrogen-bond acceptors (Lipinski definition) is 6. The van der Waals surface area contributed by atoms with Gasteiger partial charge in [-0.3, -0.25) is 14.6 Å². The lowest BCUT2D eigenvalue weighted by Crippen LogP contribution is -2.20. The number of anilines is 1. The lowest BCUT2D eigenvalue weighted by atomic mass is 9.89. The summed E-state index contributed by atoms with van der Waals surface area (Å²) < 4.78 is 26.6. The average molecular weight is 653 g/mol. The van der Waals surface area contributed by atoms with Crippen LogP contribution in [0.4, 0.5) is 14.6 Å². The molecule has 9 nitrogen and oxygen atoms in total. The number of amides is 2. The molecule has 4 aromatic rings. The molecule has 0 radical (unpaired) electrons. The summed E-state index contributed by atoms with van der Waals surface area (Å²) in [7, 11) is 1.58. The van der Waals surface area contributed by atoms with Gasteiger partial charge in [-0.2, -0.15) is 13.9 Å². The highest BCUT2D eigenvalue weighted by Crippen LogP contribution is 2.38. The molecule has 3 aromatic heterocycles. The van der Waals surface area contributed by atoms with Crippen molar-refractivity contribution in [2.24, 2.45) is 0 Å². The summed E-state index contributed by atoms with van der Waals surface area (Å²) >= 11 is 1.04. The Balaban J connectivity index is 1.32. The molecule has 40 heavy (non-hydrogen) atoms. The van der Waals surface area contributed by atoms with Crippen molar-refractivity contribution in [2.75, 3.05) is 12.4 Å². The van der Waals surface area contributed by atoms with Crippen LogP contribution in [0.15, 0.2) is 90.8 Å². The molecule has 0 bridgehead atoms. The van der Waals surface area contributed by atoms with Crippen LogP contribution in [0, 0.1) is 0 Å². The van der Waals surface area contributed by atoms with E-state index in [0.29, 0.717) is 28.8 Å². The van der Waals surface area contributed by atoms with Crippen molar-refractivity contribution in [3.8, 4) is 17.1 Å². The molecule has 1 unspecified atom stereocenters. The van der Waals surface area contributed by atoms with E-state index in [4.69, 9.17) is 0 Å². The molecule has 5 rings (SSSR count). The molecule has 0 aliphatic heterocycles. The molecule has 1 atom stereocenters. The number of nitrogens with zero attached hydrogens (tertiary/aromatic N) is 5. The molecule has 3 heterocycles. The molecule has 202 valence electrons. The quantitative estimate of drug-likeness (QED) is 0.210. The molecule has 1 aliphatic rings. The Kier molecular flexibility index (Phi) is 7.78. The van der Waals surface area contributed by atoms with Gasteiger partial charge in [0, 0.05) is 64.7 Å². The van der Waals surface area contributed by atoms with Crippen molar-refractivity contribution in [2.45, 2.75) is 16.3 Å². The first-order chi connectivity index (χ1) is 19.2. The lowest BCUT2D eigenvalue weighted by molar-refractivity contribution is -0.116. The molecule has 0 fully saturated rings. The van der Waals surface area contributed by atoms with E-state index >= 15 is 0 Å². The molecule has 1 aliphatic carbocycles. The highest BCUT2D eigenvalue weighted by atomic mass is 127. The number of carbonyl (C=O) groups is 2. The van der Waals surface area contributed by atoms with Crippen LogP contribution < -0.4 is 10.6 Å². The molecular weight excluding hydrogens is 631 g/mol. The van der Waals surface area contributed by atoms with E-state index < -0.39 is 9.84 Å². The molecule has 12 heteroatoms. The second kappa shape index (κ2) is 11.4. The van der Waals surface area contributed by atoms with Crippen LogP contribution in [0.3, 0.4) is 0 Å². The first kappa shape index (κ1) is 27.2. The van der Waals surface area contributed by atoms with E-state index in [9.17, 15) is 18.4 Å². The van der Waals surface area contributed by atoms with Gasteiger partial charge in [-0.05, 0) is 54.4 Å². The Morgan fingerprint density at radius 2 is 1.93 bits per heavy atom. The van der Waals surface area contributed by atoms with Gasteiger partial charge in [0.2, 0.25) is 0 Å². The largest absolute Gasteiger partial charge is 0.355 e. The minimum Gasteiger partial charge on any atom is -0.355 e. The summed E-state index contributed by atoms with van der Waals surface area (Å²) in [6.07, 6.45) is 9.32. The van der Waals surface area contributed by atoms with Gasteiger partial charge in [0.05, 0.1) is 5.69 Å². The second-order valence-electron chi connectivity index (χ2n) is 8.86. The number of carbonyl (C=O) groups excluding carboxylic acids is 2. The SMILES string of the molecule is CNC(=O)C1=CCC(c2cccc(C(=O)Nc3ccc(-n4nc(-c5cccnc5)cc4C(F)(F)I)nn3)c2)C=C1. The van der Waals surface area contributed by atoms with Crippen LogP contribution >= 0.6 is 22.6 Å². The zero-order valence-electron chi connectivity index (χ0n) is 21.1. The van der Waals surface area contributed by atoms with Gasteiger partial charge in [-0.15, -0.1) is 10.2 Å². The highest BCUT2D eigenvalue weighted by molar-refractivity contribution is 14.1. The van der Waals surface area contributed by atoms with Crippen LogP contribution in [-0.2, 0) is 8.72 Å². The van der Waals surface area contributed by atoms with Crippen LogP contribution in [0.1, 0.15) is 34.0 Å². The number of allylic oxidation sites excluding steroid dienone is 2. The predicted molar refractivity (Wildman–Crippen MR) is 153 cm³/mol. The maximum Gasteiger partial charge on any atom is 0.338 e. The van der Waals surface area contributed by atoms with E-state index in [1.165, 1.54) is 24.4 Å². The van der Waals surface area contributed by atoms with Crippen LogP contribution in [0.25, 0.3) is 17.1 Å². The van der Waals surface area contributed by atoms with E-state index in [0.717, 1.165) is 32.8 Å². The molecule has 2 amide bonds. The number of alkyl halides is 3. The van der Waals surface area contributed by atoms with Gasteiger partial charge in [-0.1, -0.05) is 30.4 Å². The van der Waals surface area contributed by atoms with E-state index in [2.05, 4.69) is 30.9 Å². The molecular formula is C28H22F2IN7O2. The van der Waals surface area contributed by atoms with Crippen LogP contribution in [0.2, 0.25) is 0 Å². The van der Waals surface area contributed by atoms with Crippen molar-refractivity contribution in [1.82, 2.24) is 30.3 Å². The van der Waals surface area contributed by atoms with Crippen molar-refractivity contribution >= 4 is 40.2 Å². The summed E-state index contributed by atoms with van der Waals surface area (Å²) in [6, 6.07) is 14.8. The second-order valence-corrected chi connectivity index (χ2v) is 10.2. The smallest absolute Gasteiger partial charge is 0.338 e. The maximum absolute atomic E-state index is 14.4. The number of nitrogens with one attached hydrogen (secondary N) is 2. The van der Waals surface area contributed by atoms with Gasteiger partial charge in [-0.25, -0.2) is 4.68 Å². The standard InChI is InChI=1S/C28H22F2IN7O2/c1-32-26(39)18-9-7-17(8-10-18)19-4-2-5-20(14-19)27(40)34-24-11-12-25(36-35-24)38-23(28(29,30)31)15-22(37-38)21-6-3-13-33-16-21/h2-7,9-17H,8H2,1H3,(H,32,39)(H,34,35,40). The topological polar surface area (TPSA) is 115 Å². The van der Waals surface area contributed by atoms with Crippen molar-refractivity contribution in [3.05, 3.63) is 108 Å². The fourth-order valence-electron chi connectivity index (χ4n) is 4.20. The minimum absolute atomic E-state index is 0.0242. The maximum atomic E-state index is 14.4. The Hall–Kier alpha value is -4.33. The van der Waals surface area contributed by atoms with Gasteiger partial charge >= 0.3 is 3.93 Å². The Bertz CT molecular complexity index is 1610. The normalized spacial score (nSPS) is 14.9. The van der Waals surface area contributed by atoms with Gasteiger partial charge in [0.25, 0.3) is 11.8 Å².